The molecule has 3 nitrogen and oxygen atoms in total. The molecule has 90 valence electrons. The number of nitrogens with one attached hydrogen (secondary N) is 1. The van der Waals surface area contributed by atoms with Crippen LogP contribution < -0.4 is 5.32 Å². The van der Waals surface area contributed by atoms with Crippen LogP contribution in [0.3, 0.4) is 0 Å². The average Bonchev–Trinajstić information content (AvgIpc) is 2.74. The predicted molar refractivity (Wildman–Crippen MR) is 70.0 cm³/mol. The monoisotopic (exact) mass is 229 g/mol. The molecule has 0 radical (unpaired) electrons. The van der Waals surface area contributed by atoms with Crippen LogP contribution in [-0.2, 0) is 13.5 Å². The van der Waals surface area contributed by atoms with Crippen molar-refractivity contribution >= 4 is 11.0 Å². The third-order valence-corrected chi connectivity index (χ3v) is 3.75. The average molecular weight is 229 g/mol. The highest BCUT2D eigenvalue weighted by molar-refractivity contribution is 5.78. The molecule has 17 heavy (non-hydrogen) atoms. The zero-order chi connectivity index (χ0) is 11.7. The van der Waals surface area contributed by atoms with Crippen LogP contribution in [0.25, 0.3) is 11.0 Å². The predicted octanol–water partition coefficient (Wildman–Crippen LogP) is 2.12. The summed E-state index contributed by atoms with van der Waals surface area (Å²) in [5.74, 6) is 0.774. The Bertz CT molecular complexity index is 509. The molecule has 0 saturated carbocycles. The third kappa shape index (κ3) is 2.07. The first-order valence-electron chi connectivity index (χ1n) is 6.44. The Morgan fingerprint density at radius 1 is 1.47 bits per heavy atom. The minimum atomic E-state index is 0.774. The molecule has 1 aromatic carbocycles. The molecule has 3 rings (SSSR count). The van der Waals surface area contributed by atoms with Crippen LogP contribution in [0.15, 0.2) is 24.5 Å². The Labute approximate surface area is 102 Å². The Balaban J connectivity index is 1.89. The van der Waals surface area contributed by atoms with Gasteiger partial charge in [-0.1, -0.05) is 12.1 Å². The fourth-order valence-corrected chi connectivity index (χ4v) is 2.79. The van der Waals surface area contributed by atoms with Crippen molar-refractivity contribution in [1.29, 1.82) is 0 Å². The molecule has 1 aliphatic rings. The molecule has 1 saturated heterocycles. The number of para-hydroxylation sites is 1. The van der Waals surface area contributed by atoms with Crippen LogP contribution in [-0.4, -0.2) is 22.6 Å². The van der Waals surface area contributed by atoms with Crippen LogP contribution in [0.4, 0.5) is 0 Å². The van der Waals surface area contributed by atoms with Crippen molar-refractivity contribution in [3.05, 3.63) is 30.1 Å². The van der Waals surface area contributed by atoms with Crippen molar-refractivity contribution in [3.63, 3.8) is 0 Å². The molecule has 1 atom stereocenters. The molecular weight excluding hydrogens is 210 g/mol. The maximum absolute atomic E-state index is 4.53. The summed E-state index contributed by atoms with van der Waals surface area (Å²) in [6, 6.07) is 6.52. The fraction of sp³-hybridized carbons (Fsp3) is 0.500. The first-order valence-corrected chi connectivity index (χ1v) is 6.44. The van der Waals surface area contributed by atoms with E-state index in [1.54, 1.807) is 0 Å². The van der Waals surface area contributed by atoms with E-state index in [0.717, 1.165) is 18.9 Å². The highest BCUT2D eigenvalue weighted by Gasteiger charge is 2.15. The van der Waals surface area contributed by atoms with E-state index >= 15 is 0 Å². The Kier molecular flexibility index (Phi) is 2.85. The van der Waals surface area contributed by atoms with Gasteiger partial charge in [0.2, 0.25) is 0 Å². The minimum absolute atomic E-state index is 0.774. The lowest BCUT2D eigenvalue weighted by Gasteiger charge is -2.22. The Morgan fingerprint density at radius 2 is 2.41 bits per heavy atom. The van der Waals surface area contributed by atoms with E-state index in [0.29, 0.717) is 0 Å². The molecule has 0 spiro atoms. The van der Waals surface area contributed by atoms with Crippen molar-refractivity contribution in [2.24, 2.45) is 13.0 Å². The Morgan fingerprint density at radius 3 is 3.24 bits per heavy atom. The highest BCUT2D eigenvalue weighted by atomic mass is 15.0. The molecule has 0 bridgehead atoms. The molecule has 0 amide bonds. The van der Waals surface area contributed by atoms with Crippen LogP contribution >= 0.6 is 0 Å². The van der Waals surface area contributed by atoms with Gasteiger partial charge in [0.1, 0.15) is 0 Å². The molecule has 2 heterocycles. The van der Waals surface area contributed by atoms with Gasteiger partial charge in [-0.25, -0.2) is 4.98 Å². The number of nitrogens with zero attached hydrogens (tertiary/aromatic N) is 2. The molecule has 3 heteroatoms. The summed E-state index contributed by atoms with van der Waals surface area (Å²) < 4.78 is 2.10. The van der Waals surface area contributed by atoms with Gasteiger partial charge in [-0.3, -0.25) is 0 Å². The normalized spacial score (nSPS) is 20.9. The lowest BCUT2D eigenvalue weighted by atomic mass is 9.92. The molecule has 1 aromatic heterocycles. The number of fused-ring (bicyclic) bond motifs is 1. The second-order valence-electron chi connectivity index (χ2n) is 5.06. The highest BCUT2D eigenvalue weighted by Crippen LogP contribution is 2.22. The number of benzene rings is 1. The molecular formula is C14H19N3. The van der Waals surface area contributed by atoms with Gasteiger partial charge < -0.3 is 9.88 Å². The molecule has 1 N–H and O–H groups in total. The Hall–Kier alpha value is -1.35. The maximum atomic E-state index is 4.53. The SMILES string of the molecule is Cn1cnc2c(CC3CCCNC3)cccc21. The van der Waals surface area contributed by atoms with Gasteiger partial charge in [0.05, 0.1) is 17.4 Å². The third-order valence-electron chi connectivity index (χ3n) is 3.75. The number of imidazole rings is 1. The van der Waals surface area contributed by atoms with Gasteiger partial charge in [0.15, 0.2) is 0 Å². The number of hydrogen-bond acceptors (Lipinski definition) is 2. The summed E-state index contributed by atoms with van der Waals surface area (Å²) in [5, 5.41) is 3.48. The number of piperidine rings is 1. The van der Waals surface area contributed by atoms with Crippen molar-refractivity contribution in [3.8, 4) is 0 Å². The molecule has 1 aliphatic heterocycles. The summed E-state index contributed by atoms with van der Waals surface area (Å²) in [6.07, 6.45) is 5.72. The molecule has 1 unspecified atom stereocenters. The summed E-state index contributed by atoms with van der Waals surface area (Å²) >= 11 is 0. The number of aryl methyl sites for hydroxylation is 1. The van der Waals surface area contributed by atoms with Gasteiger partial charge in [-0.05, 0) is 49.9 Å². The van der Waals surface area contributed by atoms with E-state index in [-0.39, 0.29) is 0 Å². The molecule has 1 fully saturated rings. The topological polar surface area (TPSA) is 29.9 Å². The second kappa shape index (κ2) is 4.49. The van der Waals surface area contributed by atoms with Gasteiger partial charge in [0.25, 0.3) is 0 Å². The minimum Gasteiger partial charge on any atom is -0.334 e. The van der Waals surface area contributed by atoms with Crippen molar-refractivity contribution in [1.82, 2.24) is 14.9 Å². The lowest BCUT2D eigenvalue weighted by molar-refractivity contribution is 0.376. The van der Waals surface area contributed by atoms with Gasteiger partial charge in [-0.2, -0.15) is 0 Å². The van der Waals surface area contributed by atoms with Crippen LogP contribution in [0.2, 0.25) is 0 Å². The van der Waals surface area contributed by atoms with E-state index in [2.05, 4.69) is 40.1 Å². The summed E-state index contributed by atoms with van der Waals surface area (Å²) in [5.41, 5.74) is 3.82. The fourth-order valence-electron chi connectivity index (χ4n) is 2.79. The zero-order valence-corrected chi connectivity index (χ0v) is 10.3. The van der Waals surface area contributed by atoms with Crippen molar-refractivity contribution in [2.45, 2.75) is 19.3 Å². The smallest absolute Gasteiger partial charge is 0.0955 e. The lowest BCUT2D eigenvalue weighted by Crippen LogP contribution is -2.30. The zero-order valence-electron chi connectivity index (χ0n) is 10.3. The van der Waals surface area contributed by atoms with E-state index in [4.69, 9.17) is 0 Å². The summed E-state index contributed by atoms with van der Waals surface area (Å²) in [7, 11) is 2.06. The van der Waals surface area contributed by atoms with E-state index in [1.165, 1.54) is 36.0 Å². The summed E-state index contributed by atoms with van der Waals surface area (Å²) in [4.78, 5) is 4.53. The first-order chi connectivity index (χ1) is 8.34. The largest absolute Gasteiger partial charge is 0.334 e. The van der Waals surface area contributed by atoms with Crippen molar-refractivity contribution < 1.29 is 0 Å². The number of rotatable bonds is 2. The van der Waals surface area contributed by atoms with Gasteiger partial charge in [0, 0.05) is 7.05 Å². The van der Waals surface area contributed by atoms with E-state index in [1.807, 2.05) is 6.33 Å². The van der Waals surface area contributed by atoms with Crippen LogP contribution in [0.5, 0.6) is 0 Å². The quantitative estimate of drug-likeness (QED) is 0.855. The van der Waals surface area contributed by atoms with E-state index in [9.17, 15) is 0 Å². The molecule has 2 aromatic rings. The summed E-state index contributed by atoms with van der Waals surface area (Å²) in [6.45, 7) is 2.34. The van der Waals surface area contributed by atoms with E-state index < -0.39 is 0 Å². The second-order valence-corrected chi connectivity index (χ2v) is 5.06. The van der Waals surface area contributed by atoms with Gasteiger partial charge >= 0.3 is 0 Å². The number of hydrogen-bond donors (Lipinski definition) is 1. The van der Waals surface area contributed by atoms with Crippen molar-refractivity contribution in [2.75, 3.05) is 13.1 Å². The van der Waals surface area contributed by atoms with Crippen LogP contribution in [0.1, 0.15) is 18.4 Å². The first kappa shape index (κ1) is 10.8. The van der Waals surface area contributed by atoms with Crippen LogP contribution in [0, 0.1) is 5.92 Å². The number of aromatic nitrogens is 2. The van der Waals surface area contributed by atoms with Gasteiger partial charge in [-0.15, -0.1) is 0 Å². The maximum Gasteiger partial charge on any atom is 0.0955 e. The molecule has 0 aliphatic carbocycles. The standard InChI is InChI=1S/C14H19N3/c1-17-10-16-14-12(5-2-6-13(14)17)8-11-4-3-7-15-9-11/h2,5-6,10-11,15H,3-4,7-9H2,1H3.